The van der Waals surface area contributed by atoms with E-state index in [0.717, 1.165) is 11.6 Å². The molecule has 0 aromatic heterocycles. The van der Waals surface area contributed by atoms with Crippen LogP contribution in [-0.4, -0.2) is 19.6 Å². The molecule has 2 aromatic carbocycles. The number of benzene rings is 2. The number of carbonyl (C=O) groups is 1. The highest BCUT2D eigenvalue weighted by atomic mass is 35.5. The molecule has 0 atom stereocenters. The summed E-state index contributed by atoms with van der Waals surface area (Å²) < 4.78 is 18.1. The largest absolute Gasteiger partial charge is 0.495 e. The molecule has 0 aliphatic carbocycles. The summed E-state index contributed by atoms with van der Waals surface area (Å²) in [6.45, 7) is 0.143. The van der Waals surface area contributed by atoms with Gasteiger partial charge in [0.25, 0.3) is 5.91 Å². The quantitative estimate of drug-likeness (QED) is 0.882. The van der Waals surface area contributed by atoms with Crippen LogP contribution in [0.3, 0.4) is 0 Å². The Morgan fingerprint density at radius 3 is 2.82 bits per heavy atom. The van der Waals surface area contributed by atoms with Crippen molar-refractivity contribution in [1.82, 2.24) is 5.32 Å². The van der Waals surface area contributed by atoms with Crippen molar-refractivity contribution in [2.24, 2.45) is 0 Å². The van der Waals surface area contributed by atoms with Crippen LogP contribution in [0.4, 0.5) is 4.39 Å². The minimum atomic E-state index is -0.488. The maximum Gasteiger partial charge on any atom is 0.253 e. The van der Waals surface area contributed by atoms with Gasteiger partial charge in [0.2, 0.25) is 0 Å². The Hall–Kier alpha value is -2.51. The van der Waals surface area contributed by atoms with Gasteiger partial charge in [-0.2, -0.15) is 0 Å². The molecule has 3 nitrogen and oxygen atoms in total. The van der Waals surface area contributed by atoms with Crippen LogP contribution < -0.4 is 10.1 Å². The van der Waals surface area contributed by atoms with Gasteiger partial charge in [0.15, 0.2) is 0 Å². The van der Waals surface area contributed by atoms with Crippen molar-refractivity contribution in [2.45, 2.75) is 0 Å². The van der Waals surface area contributed by atoms with Crippen molar-refractivity contribution < 1.29 is 13.9 Å². The van der Waals surface area contributed by atoms with Crippen LogP contribution >= 0.6 is 11.6 Å². The standard InChI is InChI=1S/C17H13ClFNO2/c1-22-16-7-3-2-5-12(16)6-4-10-20-17(21)14-9-8-13(19)11-15(14)18/h2-3,5,7-9,11H,10H2,1H3,(H,20,21). The van der Waals surface area contributed by atoms with E-state index in [0.29, 0.717) is 5.75 Å². The third kappa shape index (κ3) is 4.00. The van der Waals surface area contributed by atoms with Crippen LogP contribution in [-0.2, 0) is 0 Å². The number of rotatable bonds is 3. The maximum absolute atomic E-state index is 12.9. The SMILES string of the molecule is COc1ccccc1C#CCNC(=O)c1ccc(F)cc1Cl. The van der Waals surface area contributed by atoms with Gasteiger partial charge < -0.3 is 10.1 Å². The van der Waals surface area contributed by atoms with Gasteiger partial charge in [0.1, 0.15) is 11.6 Å². The molecule has 1 amide bonds. The summed E-state index contributed by atoms with van der Waals surface area (Å²) in [5.74, 6) is 5.52. The lowest BCUT2D eigenvalue weighted by atomic mass is 10.2. The number of hydrogen-bond donors (Lipinski definition) is 1. The molecular formula is C17H13ClFNO2. The topological polar surface area (TPSA) is 38.3 Å². The number of methoxy groups -OCH3 is 1. The fourth-order valence-corrected chi connectivity index (χ4v) is 2.03. The highest BCUT2D eigenvalue weighted by Crippen LogP contribution is 2.17. The van der Waals surface area contributed by atoms with Crippen molar-refractivity contribution in [3.63, 3.8) is 0 Å². The first-order chi connectivity index (χ1) is 10.6. The Bertz CT molecular complexity index is 750. The summed E-state index contributed by atoms with van der Waals surface area (Å²) in [5, 5.41) is 2.67. The molecule has 0 aliphatic heterocycles. The number of para-hydroxylation sites is 1. The minimum Gasteiger partial charge on any atom is -0.495 e. The van der Waals surface area contributed by atoms with E-state index >= 15 is 0 Å². The summed E-state index contributed by atoms with van der Waals surface area (Å²) in [7, 11) is 1.57. The average Bonchev–Trinajstić information content (AvgIpc) is 2.51. The first-order valence-electron chi connectivity index (χ1n) is 6.47. The highest BCUT2D eigenvalue weighted by Gasteiger charge is 2.09. The fraction of sp³-hybridized carbons (Fsp3) is 0.118. The number of amides is 1. The smallest absolute Gasteiger partial charge is 0.253 e. The molecule has 0 heterocycles. The molecule has 1 N–H and O–H groups in total. The van der Waals surface area contributed by atoms with Crippen LogP contribution in [0.15, 0.2) is 42.5 Å². The van der Waals surface area contributed by atoms with Crippen molar-refractivity contribution in [2.75, 3.05) is 13.7 Å². The zero-order valence-electron chi connectivity index (χ0n) is 11.8. The number of hydrogen-bond acceptors (Lipinski definition) is 2. The summed E-state index contributed by atoms with van der Waals surface area (Å²) in [6, 6.07) is 10.9. The highest BCUT2D eigenvalue weighted by molar-refractivity contribution is 6.33. The molecule has 0 saturated heterocycles. The molecule has 112 valence electrons. The first kappa shape index (κ1) is 15.9. The minimum absolute atomic E-state index is 0.0650. The molecule has 5 heteroatoms. The van der Waals surface area contributed by atoms with Gasteiger partial charge in [0.05, 0.1) is 29.8 Å². The van der Waals surface area contributed by atoms with E-state index < -0.39 is 11.7 Å². The van der Waals surface area contributed by atoms with Crippen LogP contribution in [0.2, 0.25) is 5.02 Å². The van der Waals surface area contributed by atoms with Crippen molar-refractivity contribution in [1.29, 1.82) is 0 Å². The number of halogens is 2. The van der Waals surface area contributed by atoms with Gasteiger partial charge in [-0.3, -0.25) is 4.79 Å². The molecule has 0 radical (unpaired) electrons. The molecule has 0 unspecified atom stereocenters. The second kappa shape index (κ2) is 7.48. The van der Waals surface area contributed by atoms with E-state index in [2.05, 4.69) is 17.2 Å². The first-order valence-corrected chi connectivity index (χ1v) is 6.84. The van der Waals surface area contributed by atoms with E-state index in [1.165, 1.54) is 12.1 Å². The molecule has 2 aromatic rings. The number of carbonyl (C=O) groups excluding carboxylic acids is 1. The fourth-order valence-electron chi connectivity index (χ4n) is 1.78. The van der Waals surface area contributed by atoms with E-state index in [1.54, 1.807) is 13.2 Å². The third-order valence-corrected chi connectivity index (χ3v) is 3.16. The summed E-state index contributed by atoms with van der Waals surface area (Å²) in [6.07, 6.45) is 0. The van der Waals surface area contributed by atoms with Gasteiger partial charge in [-0.15, -0.1) is 0 Å². The van der Waals surface area contributed by atoms with Crippen molar-refractivity contribution in [3.05, 3.63) is 64.4 Å². The zero-order valence-corrected chi connectivity index (χ0v) is 12.6. The normalized spacial score (nSPS) is 9.59. The molecule has 0 bridgehead atoms. The van der Waals surface area contributed by atoms with Crippen molar-refractivity contribution >= 4 is 17.5 Å². The average molecular weight is 318 g/mol. The number of ether oxygens (including phenoxy) is 1. The Balaban J connectivity index is 1.99. The second-order valence-corrected chi connectivity index (χ2v) is 4.72. The Kier molecular flexibility index (Phi) is 5.40. The van der Waals surface area contributed by atoms with Gasteiger partial charge in [-0.1, -0.05) is 35.6 Å². The molecule has 0 saturated carbocycles. The Morgan fingerprint density at radius 1 is 1.32 bits per heavy atom. The van der Waals surface area contributed by atoms with Gasteiger partial charge in [-0.25, -0.2) is 4.39 Å². The summed E-state index contributed by atoms with van der Waals surface area (Å²) in [5.41, 5.74) is 0.946. The predicted molar refractivity (Wildman–Crippen MR) is 83.6 cm³/mol. The second-order valence-electron chi connectivity index (χ2n) is 4.31. The monoisotopic (exact) mass is 317 g/mol. The van der Waals surface area contributed by atoms with Crippen molar-refractivity contribution in [3.8, 4) is 17.6 Å². The Morgan fingerprint density at radius 2 is 2.09 bits per heavy atom. The van der Waals surface area contributed by atoms with Crippen LogP contribution in [0.1, 0.15) is 15.9 Å². The summed E-state index contributed by atoms with van der Waals surface area (Å²) >= 11 is 5.82. The third-order valence-electron chi connectivity index (χ3n) is 2.84. The van der Waals surface area contributed by atoms with E-state index in [-0.39, 0.29) is 17.1 Å². The van der Waals surface area contributed by atoms with Gasteiger partial charge in [-0.05, 0) is 30.3 Å². The molecule has 0 spiro atoms. The molecular weight excluding hydrogens is 305 g/mol. The summed E-state index contributed by atoms with van der Waals surface area (Å²) in [4.78, 5) is 11.9. The number of nitrogens with one attached hydrogen (secondary N) is 1. The lowest BCUT2D eigenvalue weighted by Gasteiger charge is -2.04. The van der Waals surface area contributed by atoms with E-state index in [1.807, 2.05) is 18.2 Å². The lowest BCUT2D eigenvalue weighted by Crippen LogP contribution is -2.23. The lowest BCUT2D eigenvalue weighted by molar-refractivity contribution is 0.0959. The van der Waals surface area contributed by atoms with Crippen LogP contribution in [0.5, 0.6) is 5.75 Å². The zero-order chi connectivity index (χ0) is 15.9. The Labute approximate surface area is 133 Å². The van der Waals surface area contributed by atoms with E-state index in [9.17, 15) is 9.18 Å². The maximum atomic E-state index is 12.9. The van der Waals surface area contributed by atoms with Crippen LogP contribution in [0, 0.1) is 17.7 Å². The van der Waals surface area contributed by atoms with E-state index in [4.69, 9.17) is 16.3 Å². The van der Waals surface area contributed by atoms with Gasteiger partial charge in [0, 0.05) is 0 Å². The van der Waals surface area contributed by atoms with Gasteiger partial charge >= 0.3 is 0 Å². The molecule has 22 heavy (non-hydrogen) atoms. The predicted octanol–water partition coefficient (Wildman–Crippen LogP) is 3.27. The molecule has 0 aliphatic rings. The molecule has 0 fully saturated rings. The van der Waals surface area contributed by atoms with Crippen LogP contribution in [0.25, 0.3) is 0 Å². The molecule has 2 rings (SSSR count).